The molecule has 0 fully saturated rings. The van der Waals surface area contributed by atoms with E-state index in [2.05, 4.69) is 16.2 Å². The summed E-state index contributed by atoms with van der Waals surface area (Å²) >= 11 is 2.66. The van der Waals surface area contributed by atoms with E-state index in [9.17, 15) is 9.59 Å². The van der Waals surface area contributed by atoms with E-state index in [-0.39, 0.29) is 23.2 Å². The van der Waals surface area contributed by atoms with Crippen molar-refractivity contribution >= 4 is 35.0 Å². The zero-order chi connectivity index (χ0) is 14.1. The first-order valence-electron chi connectivity index (χ1n) is 5.61. The number of nitrogens with one attached hydrogen (secondary N) is 1. The summed E-state index contributed by atoms with van der Waals surface area (Å²) in [6.07, 6.45) is 5.11. The van der Waals surface area contributed by atoms with Gasteiger partial charge in [0.05, 0.1) is 12.4 Å². The Kier molecular flexibility index (Phi) is 7.00. The predicted octanol–water partition coefficient (Wildman–Crippen LogP) is 1.42. The molecule has 0 aromatic carbocycles. The Labute approximate surface area is 120 Å². The molecule has 0 saturated heterocycles. The second-order valence-electron chi connectivity index (χ2n) is 3.27. The molecule has 7 heteroatoms. The van der Waals surface area contributed by atoms with Crippen molar-refractivity contribution in [3.05, 3.63) is 16.1 Å². The highest BCUT2D eigenvalue weighted by atomic mass is 32.2. The van der Waals surface area contributed by atoms with Crippen LogP contribution in [-0.4, -0.2) is 41.5 Å². The van der Waals surface area contributed by atoms with Gasteiger partial charge < -0.3 is 10.1 Å². The molecule has 19 heavy (non-hydrogen) atoms. The van der Waals surface area contributed by atoms with Gasteiger partial charge in [0.2, 0.25) is 5.01 Å². The zero-order valence-electron chi connectivity index (χ0n) is 10.5. The van der Waals surface area contributed by atoms with Gasteiger partial charge in [-0.2, -0.15) is 0 Å². The first-order valence-corrected chi connectivity index (χ1v) is 7.64. The highest BCUT2D eigenvalue weighted by molar-refractivity contribution is 7.99. The monoisotopic (exact) mass is 298 g/mol. The van der Waals surface area contributed by atoms with Gasteiger partial charge in [0, 0.05) is 17.7 Å². The van der Waals surface area contributed by atoms with Crippen LogP contribution in [0, 0.1) is 12.3 Å². The van der Waals surface area contributed by atoms with Crippen LogP contribution in [0.1, 0.15) is 27.2 Å². The summed E-state index contributed by atoms with van der Waals surface area (Å²) < 4.78 is 4.80. The average molecular weight is 298 g/mol. The Morgan fingerprint density at radius 3 is 3.11 bits per heavy atom. The Morgan fingerprint density at radius 1 is 1.63 bits per heavy atom. The van der Waals surface area contributed by atoms with Crippen molar-refractivity contribution in [1.29, 1.82) is 0 Å². The van der Waals surface area contributed by atoms with E-state index in [1.165, 1.54) is 5.38 Å². The van der Waals surface area contributed by atoms with E-state index in [0.29, 0.717) is 12.3 Å². The first kappa shape index (κ1) is 15.5. The SMILES string of the molecule is C#CCSCCNC(=O)c1csc(C(=O)OCC)n1. The van der Waals surface area contributed by atoms with Crippen LogP contribution in [0.2, 0.25) is 0 Å². The fourth-order valence-electron chi connectivity index (χ4n) is 1.12. The highest BCUT2D eigenvalue weighted by Gasteiger charge is 2.15. The third kappa shape index (κ3) is 5.32. The Balaban J connectivity index is 2.41. The molecular weight excluding hydrogens is 284 g/mol. The lowest BCUT2D eigenvalue weighted by Gasteiger charge is -2.01. The van der Waals surface area contributed by atoms with Crippen LogP contribution in [-0.2, 0) is 4.74 Å². The standard InChI is InChI=1S/C12H14N2O3S2/c1-3-6-18-7-5-13-10(15)9-8-19-11(14-9)12(16)17-4-2/h1,8H,4-7H2,2H3,(H,13,15). The van der Waals surface area contributed by atoms with Gasteiger partial charge in [-0.05, 0) is 6.92 Å². The van der Waals surface area contributed by atoms with Crippen molar-refractivity contribution in [2.24, 2.45) is 0 Å². The van der Waals surface area contributed by atoms with Gasteiger partial charge in [0.25, 0.3) is 5.91 Å². The topological polar surface area (TPSA) is 68.3 Å². The molecule has 102 valence electrons. The van der Waals surface area contributed by atoms with Crippen molar-refractivity contribution in [3.8, 4) is 12.3 Å². The summed E-state index contributed by atoms with van der Waals surface area (Å²) in [5.74, 6) is 3.07. The number of rotatable bonds is 7. The fraction of sp³-hybridized carbons (Fsp3) is 0.417. The number of aromatic nitrogens is 1. The fourth-order valence-corrected chi connectivity index (χ4v) is 2.32. The molecule has 1 heterocycles. The second kappa shape index (κ2) is 8.56. The zero-order valence-corrected chi connectivity index (χ0v) is 12.1. The quantitative estimate of drug-likeness (QED) is 0.468. The van der Waals surface area contributed by atoms with Gasteiger partial charge in [-0.3, -0.25) is 4.79 Å². The van der Waals surface area contributed by atoms with Gasteiger partial charge >= 0.3 is 5.97 Å². The van der Waals surface area contributed by atoms with Gasteiger partial charge in [0.1, 0.15) is 5.69 Å². The summed E-state index contributed by atoms with van der Waals surface area (Å²) in [6, 6.07) is 0. The molecule has 1 rings (SSSR count). The molecule has 0 aliphatic rings. The normalized spacial score (nSPS) is 9.68. The van der Waals surface area contributed by atoms with Crippen molar-refractivity contribution in [3.63, 3.8) is 0 Å². The van der Waals surface area contributed by atoms with Crippen LogP contribution in [0.25, 0.3) is 0 Å². The Bertz CT molecular complexity index is 480. The number of thioether (sulfide) groups is 1. The predicted molar refractivity (Wildman–Crippen MR) is 76.6 cm³/mol. The van der Waals surface area contributed by atoms with Crippen LogP contribution in [0.3, 0.4) is 0 Å². The maximum Gasteiger partial charge on any atom is 0.367 e. The molecular formula is C12H14N2O3S2. The van der Waals surface area contributed by atoms with Crippen molar-refractivity contribution in [2.75, 3.05) is 24.7 Å². The number of nitrogens with zero attached hydrogens (tertiary/aromatic N) is 1. The van der Waals surface area contributed by atoms with Gasteiger partial charge in [-0.25, -0.2) is 9.78 Å². The Hall–Kier alpha value is -1.52. The first-order chi connectivity index (χ1) is 9.19. The van der Waals surface area contributed by atoms with Gasteiger partial charge in [0.15, 0.2) is 0 Å². The molecule has 5 nitrogen and oxygen atoms in total. The third-order valence-corrected chi connectivity index (χ3v) is 3.59. The maximum atomic E-state index is 11.7. The van der Waals surface area contributed by atoms with Gasteiger partial charge in [-0.1, -0.05) is 5.92 Å². The minimum atomic E-state index is -0.504. The number of ether oxygens (including phenoxy) is 1. The molecule has 0 aliphatic carbocycles. The summed E-state index contributed by atoms with van der Waals surface area (Å²) in [7, 11) is 0. The minimum Gasteiger partial charge on any atom is -0.461 e. The van der Waals surface area contributed by atoms with E-state index in [0.717, 1.165) is 17.1 Å². The second-order valence-corrected chi connectivity index (χ2v) is 5.23. The lowest BCUT2D eigenvalue weighted by Crippen LogP contribution is -2.26. The molecule has 1 aromatic heterocycles. The van der Waals surface area contributed by atoms with Crippen LogP contribution in [0.5, 0.6) is 0 Å². The average Bonchev–Trinajstić information content (AvgIpc) is 2.88. The summed E-state index contributed by atoms with van der Waals surface area (Å²) in [4.78, 5) is 27.0. The molecule has 0 spiro atoms. The number of carbonyl (C=O) groups excluding carboxylic acids is 2. The summed E-state index contributed by atoms with van der Waals surface area (Å²) in [6.45, 7) is 2.51. The summed E-state index contributed by atoms with van der Waals surface area (Å²) in [5.41, 5.74) is 0.231. The molecule has 0 atom stereocenters. The Morgan fingerprint density at radius 2 is 2.42 bits per heavy atom. The van der Waals surface area contributed by atoms with Crippen molar-refractivity contribution < 1.29 is 14.3 Å². The number of hydrogen-bond donors (Lipinski definition) is 1. The summed E-state index contributed by atoms with van der Waals surface area (Å²) in [5, 5.41) is 4.43. The van der Waals surface area contributed by atoms with Crippen LogP contribution in [0.4, 0.5) is 0 Å². The van der Waals surface area contributed by atoms with E-state index in [4.69, 9.17) is 11.2 Å². The molecule has 0 bridgehead atoms. The van der Waals surface area contributed by atoms with E-state index >= 15 is 0 Å². The molecule has 1 amide bonds. The number of carbonyl (C=O) groups is 2. The van der Waals surface area contributed by atoms with E-state index in [1.807, 2.05) is 0 Å². The van der Waals surface area contributed by atoms with Crippen LogP contribution < -0.4 is 5.32 Å². The van der Waals surface area contributed by atoms with Crippen molar-refractivity contribution in [1.82, 2.24) is 10.3 Å². The molecule has 1 aromatic rings. The molecule has 0 saturated carbocycles. The molecule has 0 aliphatic heterocycles. The number of hydrogen-bond acceptors (Lipinski definition) is 6. The maximum absolute atomic E-state index is 11.7. The highest BCUT2D eigenvalue weighted by Crippen LogP contribution is 2.11. The van der Waals surface area contributed by atoms with E-state index < -0.39 is 5.97 Å². The largest absolute Gasteiger partial charge is 0.461 e. The molecule has 0 radical (unpaired) electrons. The molecule has 1 N–H and O–H groups in total. The van der Waals surface area contributed by atoms with Crippen molar-refractivity contribution in [2.45, 2.75) is 6.92 Å². The molecule has 0 unspecified atom stereocenters. The third-order valence-electron chi connectivity index (χ3n) is 1.90. The van der Waals surface area contributed by atoms with E-state index in [1.54, 1.807) is 18.7 Å². The lowest BCUT2D eigenvalue weighted by molar-refractivity contribution is 0.0526. The number of terminal acetylenes is 1. The number of amides is 1. The van der Waals surface area contributed by atoms with Crippen LogP contribution >= 0.6 is 23.1 Å². The lowest BCUT2D eigenvalue weighted by atomic mass is 10.4. The minimum absolute atomic E-state index is 0.189. The van der Waals surface area contributed by atoms with Crippen LogP contribution in [0.15, 0.2) is 5.38 Å². The number of thiazole rings is 1. The van der Waals surface area contributed by atoms with Gasteiger partial charge in [-0.15, -0.1) is 29.5 Å². The number of esters is 1. The smallest absolute Gasteiger partial charge is 0.367 e.